The predicted octanol–water partition coefficient (Wildman–Crippen LogP) is 4.29. The zero-order chi connectivity index (χ0) is 15.4. The molecule has 0 atom stereocenters. The highest BCUT2D eigenvalue weighted by molar-refractivity contribution is 14.1. The van der Waals surface area contributed by atoms with Gasteiger partial charge in [0.2, 0.25) is 0 Å². The minimum absolute atomic E-state index is 0.0596. The van der Waals surface area contributed by atoms with Crippen LogP contribution in [0.1, 0.15) is 10.4 Å². The standard InChI is InChI=1S/C14H10ClIN2O3/c15-8-4-6-9(7-5-8)17-14(21)18-11-3-1-2-10(16)12(11)13(19)20/h1-7H,(H,19,20)(H2,17,18,21). The lowest BCUT2D eigenvalue weighted by molar-refractivity contribution is 0.0697. The van der Waals surface area contributed by atoms with Crippen LogP contribution in [0.3, 0.4) is 0 Å². The molecule has 21 heavy (non-hydrogen) atoms. The Morgan fingerprint density at radius 3 is 2.33 bits per heavy atom. The summed E-state index contributed by atoms with van der Waals surface area (Å²) in [5.74, 6) is -1.10. The maximum absolute atomic E-state index is 11.9. The smallest absolute Gasteiger partial charge is 0.338 e. The molecule has 0 spiro atoms. The minimum atomic E-state index is -1.10. The molecule has 0 radical (unpaired) electrons. The zero-order valence-electron chi connectivity index (χ0n) is 10.6. The SMILES string of the molecule is O=C(Nc1ccc(Cl)cc1)Nc1cccc(I)c1C(=O)O. The van der Waals surface area contributed by atoms with E-state index in [1.54, 1.807) is 36.4 Å². The molecule has 0 aliphatic carbocycles. The van der Waals surface area contributed by atoms with Crippen LogP contribution >= 0.6 is 34.2 Å². The third-order valence-electron chi connectivity index (χ3n) is 2.58. The van der Waals surface area contributed by atoms with Crippen LogP contribution in [0.4, 0.5) is 16.2 Å². The van der Waals surface area contributed by atoms with Crippen LogP contribution in [0.2, 0.25) is 5.02 Å². The van der Waals surface area contributed by atoms with Crippen LogP contribution in [0.15, 0.2) is 42.5 Å². The molecule has 0 saturated heterocycles. The molecule has 108 valence electrons. The molecule has 2 aromatic rings. The first-order chi connectivity index (χ1) is 9.97. The van der Waals surface area contributed by atoms with Gasteiger partial charge in [0.25, 0.3) is 0 Å². The van der Waals surface area contributed by atoms with Crippen molar-refractivity contribution in [3.63, 3.8) is 0 Å². The molecule has 7 heteroatoms. The molecular formula is C14H10ClIN2O3. The monoisotopic (exact) mass is 416 g/mol. The van der Waals surface area contributed by atoms with Crippen LogP contribution in [0.5, 0.6) is 0 Å². The van der Waals surface area contributed by atoms with Crippen LogP contribution < -0.4 is 10.6 Å². The highest BCUT2D eigenvalue weighted by Crippen LogP contribution is 2.22. The summed E-state index contributed by atoms with van der Waals surface area (Å²) in [4.78, 5) is 23.1. The summed E-state index contributed by atoms with van der Waals surface area (Å²) in [5.41, 5.74) is 0.852. The first kappa shape index (κ1) is 15.6. The second kappa shape index (κ2) is 6.77. The van der Waals surface area contributed by atoms with Gasteiger partial charge in [-0.1, -0.05) is 17.7 Å². The van der Waals surface area contributed by atoms with Crippen LogP contribution in [0, 0.1) is 3.57 Å². The van der Waals surface area contributed by atoms with E-state index in [0.29, 0.717) is 14.3 Å². The number of carboxylic acids is 1. The fourth-order valence-electron chi connectivity index (χ4n) is 1.66. The molecule has 0 saturated carbocycles. The molecular weight excluding hydrogens is 407 g/mol. The molecule has 3 N–H and O–H groups in total. The number of benzene rings is 2. The van der Waals surface area contributed by atoms with Gasteiger partial charge in [-0.3, -0.25) is 0 Å². The molecule has 0 heterocycles. The van der Waals surface area contributed by atoms with Gasteiger partial charge < -0.3 is 15.7 Å². The number of amides is 2. The quantitative estimate of drug-likeness (QED) is 0.653. The minimum Gasteiger partial charge on any atom is -0.478 e. The number of nitrogens with one attached hydrogen (secondary N) is 2. The van der Waals surface area contributed by atoms with Gasteiger partial charge in [0.15, 0.2) is 0 Å². The van der Waals surface area contributed by atoms with Crippen molar-refractivity contribution >= 4 is 57.6 Å². The number of halogens is 2. The Labute approximate surface area is 139 Å². The average Bonchev–Trinajstić information content (AvgIpc) is 2.41. The van der Waals surface area contributed by atoms with E-state index < -0.39 is 12.0 Å². The van der Waals surface area contributed by atoms with Crippen molar-refractivity contribution in [2.24, 2.45) is 0 Å². The highest BCUT2D eigenvalue weighted by Gasteiger charge is 2.15. The number of urea groups is 1. The molecule has 5 nitrogen and oxygen atoms in total. The lowest BCUT2D eigenvalue weighted by Gasteiger charge is -2.11. The van der Waals surface area contributed by atoms with Gasteiger partial charge in [-0.2, -0.15) is 0 Å². The number of anilines is 2. The van der Waals surface area contributed by atoms with E-state index >= 15 is 0 Å². The van der Waals surface area contributed by atoms with Gasteiger partial charge in [0, 0.05) is 14.3 Å². The topological polar surface area (TPSA) is 78.4 Å². The highest BCUT2D eigenvalue weighted by atomic mass is 127. The Morgan fingerprint density at radius 1 is 1.05 bits per heavy atom. The second-order valence-electron chi connectivity index (χ2n) is 4.05. The van der Waals surface area contributed by atoms with E-state index in [4.69, 9.17) is 11.6 Å². The summed E-state index contributed by atoms with van der Waals surface area (Å²) in [6.07, 6.45) is 0. The van der Waals surface area contributed by atoms with Crippen molar-refractivity contribution in [1.82, 2.24) is 0 Å². The number of carboxylic acid groups (broad SMARTS) is 1. The third kappa shape index (κ3) is 4.08. The van der Waals surface area contributed by atoms with Gasteiger partial charge in [-0.25, -0.2) is 9.59 Å². The summed E-state index contributed by atoms with van der Waals surface area (Å²) < 4.78 is 0.546. The van der Waals surface area contributed by atoms with Crippen molar-refractivity contribution in [2.45, 2.75) is 0 Å². The van der Waals surface area contributed by atoms with E-state index in [2.05, 4.69) is 10.6 Å². The van der Waals surface area contributed by atoms with Gasteiger partial charge in [-0.05, 0) is 59.0 Å². The van der Waals surface area contributed by atoms with E-state index in [1.165, 1.54) is 6.07 Å². The maximum Gasteiger partial charge on any atom is 0.338 e. The normalized spacial score (nSPS) is 10.0. The molecule has 2 aromatic carbocycles. The molecule has 0 unspecified atom stereocenters. The molecule has 0 aliphatic heterocycles. The van der Waals surface area contributed by atoms with Crippen LogP contribution in [0.25, 0.3) is 0 Å². The first-order valence-corrected chi connectivity index (χ1v) is 7.28. The molecule has 0 aliphatic rings. The van der Waals surface area contributed by atoms with Gasteiger partial charge in [0.05, 0.1) is 11.3 Å². The van der Waals surface area contributed by atoms with Gasteiger partial charge in [-0.15, -0.1) is 0 Å². The lowest BCUT2D eigenvalue weighted by atomic mass is 10.2. The number of rotatable bonds is 3. The van der Waals surface area contributed by atoms with E-state index in [9.17, 15) is 14.7 Å². The first-order valence-electron chi connectivity index (χ1n) is 5.83. The Morgan fingerprint density at radius 2 is 1.71 bits per heavy atom. The summed E-state index contributed by atoms with van der Waals surface area (Å²) in [7, 11) is 0. The second-order valence-corrected chi connectivity index (χ2v) is 5.65. The summed E-state index contributed by atoms with van der Waals surface area (Å²) in [6.45, 7) is 0. The molecule has 0 aromatic heterocycles. The van der Waals surface area contributed by atoms with Crippen molar-refractivity contribution in [1.29, 1.82) is 0 Å². The fraction of sp³-hybridized carbons (Fsp3) is 0. The Kier molecular flexibility index (Phi) is 5.03. The molecule has 0 bridgehead atoms. The Bertz CT molecular complexity index is 689. The summed E-state index contributed by atoms with van der Waals surface area (Å²) in [5, 5.41) is 14.9. The Balaban J connectivity index is 2.15. The van der Waals surface area contributed by atoms with E-state index in [1.807, 2.05) is 22.6 Å². The average molecular weight is 417 g/mol. The number of hydrogen-bond donors (Lipinski definition) is 3. The van der Waals surface area contributed by atoms with Gasteiger partial charge in [0.1, 0.15) is 0 Å². The van der Waals surface area contributed by atoms with Crippen molar-refractivity contribution < 1.29 is 14.7 Å². The number of carbonyl (C=O) groups excluding carboxylic acids is 1. The summed E-state index contributed by atoms with van der Waals surface area (Å²) in [6, 6.07) is 10.9. The Hall–Kier alpha value is -1.80. The largest absolute Gasteiger partial charge is 0.478 e. The van der Waals surface area contributed by atoms with E-state index in [-0.39, 0.29) is 11.3 Å². The lowest BCUT2D eigenvalue weighted by Crippen LogP contribution is -2.21. The number of hydrogen-bond acceptors (Lipinski definition) is 2. The van der Waals surface area contributed by atoms with E-state index in [0.717, 1.165) is 0 Å². The third-order valence-corrected chi connectivity index (χ3v) is 3.73. The molecule has 2 rings (SSSR count). The van der Waals surface area contributed by atoms with Gasteiger partial charge >= 0.3 is 12.0 Å². The number of carbonyl (C=O) groups is 2. The van der Waals surface area contributed by atoms with Crippen molar-refractivity contribution in [2.75, 3.05) is 10.6 Å². The summed E-state index contributed by atoms with van der Waals surface area (Å²) >= 11 is 7.66. The van der Waals surface area contributed by atoms with Crippen molar-refractivity contribution in [3.05, 3.63) is 56.6 Å². The fourth-order valence-corrected chi connectivity index (χ4v) is 2.52. The van der Waals surface area contributed by atoms with Crippen LogP contribution in [-0.2, 0) is 0 Å². The maximum atomic E-state index is 11.9. The molecule has 0 fully saturated rings. The molecule has 2 amide bonds. The predicted molar refractivity (Wildman–Crippen MR) is 90.2 cm³/mol. The number of aromatic carboxylic acids is 1. The van der Waals surface area contributed by atoms with Crippen LogP contribution in [-0.4, -0.2) is 17.1 Å². The zero-order valence-corrected chi connectivity index (χ0v) is 13.5. The van der Waals surface area contributed by atoms with Crippen molar-refractivity contribution in [3.8, 4) is 0 Å².